The van der Waals surface area contributed by atoms with Gasteiger partial charge in [0.1, 0.15) is 11.6 Å². The largest absolute Gasteiger partial charge is 0.329 e. The van der Waals surface area contributed by atoms with Crippen LogP contribution in [0.15, 0.2) is 42.6 Å². The van der Waals surface area contributed by atoms with Crippen molar-refractivity contribution in [2.75, 3.05) is 11.9 Å². The molecule has 82 valence electrons. The first-order chi connectivity index (χ1) is 7.66. The smallest absolute Gasteiger partial charge is 0.141 e. The molecule has 0 aliphatic carbocycles. The van der Waals surface area contributed by atoms with Gasteiger partial charge < -0.3 is 4.90 Å². The summed E-state index contributed by atoms with van der Waals surface area (Å²) in [5.74, 6) is 0.405. The fourth-order valence-electron chi connectivity index (χ4n) is 1.36. The lowest BCUT2D eigenvalue weighted by atomic mass is 10.3. The number of benzene rings is 1. The zero-order chi connectivity index (χ0) is 11.5. The molecule has 0 saturated heterocycles. The first-order valence-electron chi connectivity index (χ1n) is 4.77. The minimum absolute atomic E-state index is 0.320. The van der Waals surface area contributed by atoms with Crippen LogP contribution < -0.4 is 4.90 Å². The molecule has 2 nitrogen and oxygen atoms in total. The van der Waals surface area contributed by atoms with E-state index in [0.717, 1.165) is 11.5 Å². The van der Waals surface area contributed by atoms with Crippen LogP contribution >= 0.6 is 22.6 Å². The van der Waals surface area contributed by atoms with E-state index in [1.165, 1.54) is 15.8 Å². The Kier molecular flexibility index (Phi) is 3.38. The summed E-state index contributed by atoms with van der Waals surface area (Å²) < 4.78 is 13.9. The van der Waals surface area contributed by atoms with Crippen LogP contribution in [0.4, 0.5) is 15.9 Å². The van der Waals surface area contributed by atoms with Gasteiger partial charge in [-0.05, 0) is 59.0 Å². The summed E-state index contributed by atoms with van der Waals surface area (Å²) in [5.41, 5.74) is 1.03. The highest BCUT2D eigenvalue weighted by Gasteiger charge is 2.04. The number of hydrogen-bond acceptors (Lipinski definition) is 2. The molecular formula is C12H10FIN2. The van der Waals surface area contributed by atoms with Gasteiger partial charge in [-0.15, -0.1) is 0 Å². The average Bonchev–Trinajstić information content (AvgIpc) is 2.30. The molecular weight excluding hydrogens is 318 g/mol. The Bertz CT molecular complexity index is 422. The van der Waals surface area contributed by atoms with Gasteiger partial charge in [-0.1, -0.05) is 0 Å². The molecule has 4 heteroatoms. The van der Waals surface area contributed by atoms with E-state index in [-0.39, 0.29) is 5.82 Å². The molecule has 1 aromatic carbocycles. The first-order valence-corrected chi connectivity index (χ1v) is 5.85. The molecule has 16 heavy (non-hydrogen) atoms. The van der Waals surface area contributed by atoms with Crippen molar-refractivity contribution >= 4 is 34.1 Å². The van der Waals surface area contributed by atoms with Crippen LogP contribution in [0.1, 0.15) is 0 Å². The number of nitrogens with zero attached hydrogens (tertiary/aromatic N) is 2. The number of anilines is 2. The third-order valence-corrected chi connectivity index (χ3v) is 2.99. The van der Waals surface area contributed by atoms with Crippen molar-refractivity contribution < 1.29 is 4.39 Å². The second-order valence-corrected chi connectivity index (χ2v) is 4.62. The fraction of sp³-hybridized carbons (Fsp3) is 0.0833. The van der Waals surface area contributed by atoms with E-state index in [0.29, 0.717) is 0 Å². The molecule has 2 aromatic rings. The highest BCUT2D eigenvalue weighted by molar-refractivity contribution is 14.1. The van der Waals surface area contributed by atoms with Gasteiger partial charge in [0.15, 0.2) is 0 Å². The molecule has 0 bridgehead atoms. The van der Waals surface area contributed by atoms with Gasteiger partial charge in [0.25, 0.3) is 0 Å². The SMILES string of the molecule is CN(c1ccc(I)cc1)c1ccc(F)cn1. The normalized spacial score (nSPS) is 10.2. The standard InChI is InChI=1S/C12H10FIN2/c1-16(11-5-3-10(14)4-6-11)12-7-2-9(13)8-15-12/h2-8H,1H3. The van der Waals surface area contributed by atoms with Crippen molar-refractivity contribution in [1.82, 2.24) is 4.98 Å². The summed E-state index contributed by atoms with van der Waals surface area (Å²) in [6.45, 7) is 0. The van der Waals surface area contributed by atoms with Crippen LogP contribution in [-0.4, -0.2) is 12.0 Å². The van der Waals surface area contributed by atoms with Crippen molar-refractivity contribution in [2.24, 2.45) is 0 Å². The lowest BCUT2D eigenvalue weighted by molar-refractivity contribution is 0.621. The maximum absolute atomic E-state index is 12.7. The zero-order valence-electron chi connectivity index (χ0n) is 8.69. The van der Waals surface area contributed by atoms with E-state index in [4.69, 9.17) is 0 Å². The van der Waals surface area contributed by atoms with Crippen LogP contribution in [-0.2, 0) is 0 Å². The molecule has 0 radical (unpaired) electrons. The molecule has 0 atom stereocenters. The first kappa shape index (κ1) is 11.3. The number of aromatic nitrogens is 1. The Labute approximate surface area is 107 Å². The molecule has 0 aliphatic heterocycles. The summed E-state index contributed by atoms with van der Waals surface area (Å²) in [6, 6.07) is 11.1. The predicted octanol–water partition coefficient (Wildman–Crippen LogP) is 3.59. The van der Waals surface area contributed by atoms with E-state index < -0.39 is 0 Å². The summed E-state index contributed by atoms with van der Waals surface area (Å²) in [5, 5.41) is 0. The van der Waals surface area contributed by atoms with Crippen LogP contribution in [0.5, 0.6) is 0 Å². The van der Waals surface area contributed by atoms with Crippen molar-refractivity contribution in [3.05, 3.63) is 52.0 Å². The second kappa shape index (κ2) is 4.78. The molecule has 1 aromatic heterocycles. The Morgan fingerprint density at radius 3 is 2.38 bits per heavy atom. The van der Waals surface area contributed by atoms with Crippen LogP contribution in [0.25, 0.3) is 0 Å². The third-order valence-electron chi connectivity index (χ3n) is 2.27. The van der Waals surface area contributed by atoms with E-state index in [9.17, 15) is 4.39 Å². The summed E-state index contributed by atoms with van der Waals surface area (Å²) in [6.07, 6.45) is 1.22. The van der Waals surface area contributed by atoms with Gasteiger partial charge >= 0.3 is 0 Å². The van der Waals surface area contributed by atoms with Crippen molar-refractivity contribution in [3.63, 3.8) is 0 Å². The Morgan fingerprint density at radius 1 is 1.12 bits per heavy atom. The van der Waals surface area contributed by atoms with Crippen molar-refractivity contribution in [2.45, 2.75) is 0 Å². The Hall–Kier alpha value is -1.17. The van der Waals surface area contributed by atoms with Gasteiger partial charge in [-0.2, -0.15) is 0 Å². The van der Waals surface area contributed by atoms with Gasteiger partial charge in [0, 0.05) is 16.3 Å². The fourth-order valence-corrected chi connectivity index (χ4v) is 1.72. The minimum atomic E-state index is -0.320. The Balaban J connectivity index is 2.28. The molecule has 0 amide bonds. The number of hydrogen-bond donors (Lipinski definition) is 0. The lowest BCUT2D eigenvalue weighted by Gasteiger charge is -2.18. The average molecular weight is 328 g/mol. The molecule has 0 fully saturated rings. The van der Waals surface area contributed by atoms with E-state index in [1.807, 2.05) is 36.2 Å². The van der Waals surface area contributed by atoms with E-state index in [2.05, 4.69) is 27.6 Å². The molecule has 0 N–H and O–H groups in total. The lowest BCUT2D eigenvalue weighted by Crippen LogP contribution is -2.10. The van der Waals surface area contributed by atoms with Gasteiger partial charge in [0.2, 0.25) is 0 Å². The van der Waals surface area contributed by atoms with Gasteiger partial charge in [-0.3, -0.25) is 0 Å². The summed E-state index contributed by atoms with van der Waals surface area (Å²) in [4.78, 5) is 5.94. The van der Waals surface area contributed by atoms with Crippen LogP contribution in [0.3, 0.4) is 0 Å². The minimum Gasteiger partial charge on any atom is -0.329 e. The summed E-state index contributed by atoms with van der Waals surface area (Å²) >= 11 is 2.26. The maximum Gasteiger partial charge on any atom is 0.141 e. The van der Waals surface area contributed by atoms with E-state index >= 15 is 0 Å². The number of pyridine rings is 1. The van der Waals surface area contributed by atoms with Crippen LogP contribution in [0.2, 0.25) is 0 Å². The zero-order valence-corrected chi connectivity index (χ0v) is 10.8. The number of rotatable bonds is 2. The van der Waals surface area contributed by atoms with Gasteiger partial charge in [-0.25, -0.2) is 9.37 Å². The second-order valence-electron chi connectivity index (χ2n) is 3.37. The highest BCUT2D eigenvalue weighted by Crippen LogP contribution is 2.22. The van der Waals surface area contributed by atoms with Crippen molar-refractivity contribution in [3.8, 4) is 0 Å². The monoisotopic (exact) mass is 328 g/mol. The number of halogens is 2. The molecule has 0 spiro atoms. The van der Waals surface area contributed by atoms with Gasteiger partial charge in [0.05, 0.1) is 6.20 Å². The quantitative estimate of drug-likeness (QED) is 0.783. The maximum atomic E-state index is 12.7. The van der Waals surface area contributed by atoms with Crippen molar-refractivity contribution in [1.29, 1.82) is 0 Å². The third kappa shape index (κ3) is 2.49. The molecule has 1 heterocycles. The van der Waals surface area contributed by atoms with Crippen LogP contribution in [0, 0.1) is 9.39 Å². The topological polar surface area (TPSA) is 16.1 Å². The molecule has 0 aliphatic rings. The summed E-state index contributed by atoms with van der Waals surface area (Å²) in [7, 11) is 1.91. The Morgan fingerprint density at radius 2 is 1.81 bits per heavy atom. The van der Waals surface area contributed by atoms with E-state index in [1.54, 1.807) is 6.07 Å². The highest BCUT2D eigenvalue weighted by atomic mass is 127. The molecule has 0 saturated carbocycles. The molecule has 0 unspecified atom stereocenters. The predicted molar refractivity (Wildman–Crippen MR) is 71.4 cm³/mol. The molecule has 2 rings (SSSR count).